The van der Waals surface area contributed by atoms with E-state index in [1.165, 1.54) is 42.5 Å². The van der Waals surface area contributed by atoms with Gasteiger partial charge in [0.05, 0.1) is 21.2 Å². The highest BCUT2D eigenvalue weighted by atomic mass is 35.5. The van der Waals surface area contributed by atoms with Gasteiger partial charge in [0.2, 0.25) is 10.0 Å². The number of nitriles is 1. The van der Waals surface area contributed by atoms with Crippen LogP contribution in [0.2, 0.25) is 5.02 Å². The summed E-state index contributed by atoms with van der Waals surface area (Å²) in [6, 6.07) is 17.6. The van der Waals surface area contributed by atoms with Crippen LogP contribution in [-0.2, 0) is 16.6 Å². The van der Waals surface area contributed by atoms with Gasteiger partial charge in [0.15, 0.2) is 0 Å². The Kier molecular flexibility index (Phi) is 6.47. The number of carbonyl (C=O) groups excluding carboxylic acids is 1. The van der Waals surface area contributed by atoms with E-state index in [2.05, 4.69) is 10.0 Å². The summed E-state index contributed by atoms with van der Waals surface area (Å²) < 4.78 is 40.4. The summed E-state index contributed by atoms with van der Waals surface area (Å²) in [5.41, 5.74) is 1.26. The van der Waals surface area contributed by atoms with Crippen molar-refractivity contribution in [3.8, 4) is 6.07 Å². The van der Waals surface area contributed by atoms with E-state index in [1.54, 1.807) is 18.2 Å². The van der Waals surface area contributed by atoms with Gasteiger partial charge < -0.3 is 5.32 Å². The second-order valence-corrected chi connectivity index (χ2v) is 8.35. The van der Waals surface area contributed by atoms with Crippen LogP contribution in [0.1, 0.15) is 21.5 Å². The number of nitrogens with one attached hydrogen (secondary N) is 2. The molecule has 6 nitrogen and oxygen atoms in total. The molecule has 3 aromatic rings. The quantitative estimate of drug-likeness (QED) is 0.599. The van der Waals surface area contributed by atoms with Crippen LogP contribution in [-0.4, -0.2) is 14.3 Å². The first-order valence-electron chi connectivity index (χ1n) is 8.64. The van der Waals surface area contributed by atoms with E-state index >= 15 is 0 Å². The van der Waals surface area contributed by atoms with Gasteiger partial charge in [-0.1, -0.05) is 35.9 Å². The van der Waals surface area contributed by atoms with Gasteiger partial charge in [0.25, 0.3) is 5.91 Å². The molecule has 9 heteroatoms. The zero-order valence-electron chi connectivity index (χ0n) is 15.4. The molecule has 2 N–H and O–H groups in total. The van der Waals surface area contributed by atoms with Crippen LogP contribution in [0.5, 0.6) is 0 Å². The van der Waals surface area contributed by atoms with Crippen molar-refractivity contribution in [1.82, 2.24) is 4.72 Å². The molecular formula is C21H15ClFN3O3S. The number of benzene rings is 3. The van der Waals surface area contributed by atoms with Gasteiger partial charge in [-0.25, -0.2) is 17.5 Å². The van der Waals surface area contributed by atoms with Crippen LogP contribution in [0.25, 0.3) is 0 Å². The Bertz CT molecular complexity index is 1240. The molecular weight excluding hydrogens is 429 g/mol. The van der Waals surface area contributed by atoms with Crippen molar-refractivity contribution in [3.05, 3.63) is 94.3 Å². The van der Waals surface area contributed by atoms with Gasteiger partial charge in [0, 0.05) is 12.1 Å². The molecule has 0 aliphatic heterocycles. The maximum Gasteiger partial charge on any atom is 0.255 e. The minimum atomic E-state index is -3.87. The van der Waals surface area contributed by atoms with E-state index in [4.69, 9.17) is 16.9 Å². The zero-order valence-corrected chi connectivity index (χ0v) is 17.0. The van der Waals surface area contributed by atoms with Gasteiger partial charge in [-0.2, -0.15) is 5.26 Å². The van der Waals surface area contributed by atoms with Crippen LogP contribution in [0.4, 0.5) is 10.1 Å². The van der Waals surface area contributed by atoms with Gasteiger partial charge in [0.1, 0.15) is 11.9 Å². The molecule has 0 aromatic heterocycles. The number of hydrogen-bond acceptors (Lipinski definition) is 4. The maximum atomic E-state index is 13.1. The largest absolute Gasteiger partial charge is 0.321 e. The van der Waals surface area contributed by atoms with Gasteiger partial charge in [-0.15, -0.1) is 0 Å². The lowest BCUT2D eigenvalue weighted by Gasteiger charge is -2.10. The number of nitrogens with zero attached hydrogens (tertiary/aromatic N) is 1. The highest BCUT2D eigenvalue weighted by molar-refractivity contribution is 7.89. The van der Waals surface area contributed by atoms with Crippen LogP contribution in [0.3, 0.4) is 0 Å². The Morgan fingerprint density at radius 2 is 1.77 bits per heavy atom. The normalized spacial score (nSPS) is 11.0. The van der Waals surface area contributed by atoms with Crippen LogP contribution < -0.4 is 10.0 Å². The summed E-state index contributed by atoms with van der Waals surface area (Å²) in [4.78, 5) is 12.2. The number of hydrogen-bond donors (Lipinski definition) is 2. The monoisotopic (exact) mass is 443 g/mol. The topological polar surface area (TPSA) is 99.1 Å². The van der Waals surface area contributed by atoms with Crippen molar-refractivity contribution in [3.63, 3.8) is 0 Å². The van der Waals surface area contributed by atoms with E-state index in [1.807, 2.05) is 6.07 Å². The van der Waals surface area contributed by atoms with Gasteiger partial charge in [-0.3, -0.25) is 4.79 Å². The molecule has 0 aliphatic carbocycles. The zero-order chi connectivity index (χ0) is 21.7. The van der Waals surface area contributed by atoms with Crippen molar-refractivity contribution in [2.45, 2.75) is 11.4 Å². The molecule has 0 aliphatic rings. The lowest BCUT2D eigenvalue weighted by molar-refractivity contribution is 0.102. The van der Waals surface area contributed by atoms with Crippen molar-refractivity contribution in [2.24, 2.45) is 0 Å². The van der Waals surface area contributed by atoms with Gasteiger partial charge >= 0.3 is 0 Å². The number of anilines is 1. The highest BCUT2D eigenvalue weighted by Crippen LogP contribution is 2.23. The Balaban J connectivity index is 1.67. The third-order valence-electron chi connectivity index (χ3n) is 4.16. The fourth-order valence-corrected chi connectivity index (χ4v) is 4.00. The van der Waals surface area contributed by atoms with Crippen LogP contribution in [0.15, 0.2) is 71.6 Å². The van der Waals surface area contributed by atoms with Crippen LogP contribution >= 0.6 is 11.6 Å². The fraction of sp³-hybridized carbons (Fsp3) is 0.0476. The average molecular weight is 444 g/mol. The molecule has 0 atom stereocenters. The molecule has 0 saturated heterocycles. The predicted octanol–water partition coefficient (Wildman–Crippen LogP) is 4.08. The van der Waals surface area contributed by atoms with Crippen LogP contribution in [0, 0.1) is 17.1 Å². The minimum absolute atomic E-state index is 0.0201. The van der Waals surface area contributed by atoms with Crippen molar-refractivity contribution in [1.29, 1.82) is 5.26 Å². The Labute approximate surface area is 178 Å². The summed E-state index contributed by atoms with van der Waals surface area (Å²) in [7, 11) is -3.87. The lowest BCUT2D eigenvalue weighted by atomic mass is 10.1. The average Bonchev–Trinajstić information content (AvgIpc) is 2.74. The van der Waals surface area contributed by atoms with E-state index in [-0.39, 0.29) is 27.7 Å². The molecule has 0 fully saturated rings. The molecule has 30 heavy (non-hydrogen) atoms. The smallest absolute Gasteiger partial charge is 0.255 e. The van der Waals surface area contributed by atoms with Crippen molar-refractivity contribution >= 4 is 33.2 Å². The molecule has 3 aromatic carbocycles. The van der Waals surface area contributed by atoms with Crippen molar-refractivity contribution < 1.29 is 17.6 Å². The van der Waals surface area contributed by atoms with E-state index in [9.17, 15) is 17.6 Å². The summed E-state index contributed by atoms with van der Waals surface area (Å²) >= 11 is 5.90. The molecule has 152 valence electrons. The first-order chi connectivity index (χ1) is 14.3. The standard InChI is InChI=1S/C21H15ClFN3O3S/c22-18-11-17(23)9-10-19(18)26-21(27)15-7-5-14(6-8-15)13-25-30(28,29)20-4-2-1-3-16(20)12-24/h1-11,25H,13H2,(H,26,27). The predicted molar refractivity (Wildman–Crippen MR) is 111 cm³/mol. The molecule has 0 saturated carbocycles. The van der Waals surface area contributed by atoms with E-state index in [0.29, 0.717) is 11.1 Å². The first-order valence-corrected chi connectivity index (χ1v) is 10.5. The maximum absolute atomic E-state index is 13.1. The SMILES string of the molecule is N#Cc1ccccc1S(=O)(=O)NCc1ccc(C(=O)Nc2ccc(F)cc2Cl)cc1. The molecule has 0 spiro atoms. The first kappa shape index (κ1) is 21.5. The molecule has 0 radical (unpaired) electrons. The summed E-state index contributed by atoms with van der Waals surface area (Å²) in [5, 5.41) is 11.7. The number of carbonyl (C=O) groups is 1. The molecule has 0 unspecified atom stereocenters. The summed E-state index contributed by atoms with van der Waals surface area (Å²) in [6.07, 6.45) is 0. The van der Waals surface area contributed by atoms with E-state index < -0.39 is 21.7 Å². The highest BCUT2D eigenvalue weighted by Gasteiger charge is 2.18. The molecule has 1 amide bonds. The summed E-state index contributed by atoms with van der Waals surface area (Å²) in [5.74, 6) is -0.958. The summed E-state index contributed by atoms with van der Waals surface area (Å²) in [6.45, 7) is -0.0201. The number of amides is 1. The van der Waals surface area contributed by atoms with E-state index in [0.717, 1.165) is 6.07 Å². The Morgan fingerprint density at radius 3 is 2.43 bits per heavy atom. The van der Waals surface area contributed by atoms with Gasteiger partial charge in [-0.05, 0) is 48.0 Å². The lowest BCUT2D eigenvalue weighted by Crippen LogP contribution is -2.24. The Hall–Kier alpha value is -3.25. The number of sulfonamides is 1. The minimum Gasteiger partial charge on any atom is -0.321 e. The second kappa shape index (κ2) is 9.05. The molecule has 0 heterocycles. The third-order valence-corrected chi connectivity index (χ3v) is 5.93. The Morgan fingerprint density at radius 1 is 1.07 bits per heavy atom. The van der Waals surface area contributed by atoms with Crippen molar-refractivity contribution in [2.75, 3.05) is 5.32 Å². The number of halogens is 2. The molecule has 3 rings (SSSR count). The second-order valence-electron chi connectivity index (χ2n) is 6.21. The molecule has 0 bridgehead atoms. The number of rotatable bonds is 6. The third kappa shape index (κ3) is 5.02. The fourth-order valence-electron chi connectivity index (χ4n) is 2.61.